The number of aliphatic hydroxyl groups is 1. The number of ether oxygens (including phenoxy) is 1. The average Bonchev–Trinajstić information content (AvgIpc) is 2.84. The Balaban J connectivity index is 1.90. The maximum absolute atomic E-state index is 12.4. The van der Waals surface area contributed by atoms with Crippen molar-refractivity contribution in [2.24, 2.45) is 0 Å². The van der Waals surface area contributed by atoms with Crippen LogP contribution in [0.5, 0.6) is 5.75 Å². The van der Waals surface area contributed by atoms with E-state index in [9.17, 15) is 9.90 Å². The predicted molar refractivity (Wildman–Crippen MR) is 137 cm³/mol. The highest BCUT2D eigenvalue weighted by molar-refractivity contribution is 6.32. The molecule has 0 aliphatic rings. The molecule has 182 valence electrons. The van der Waals surface area contributed by atoms with E-state index >= 15 is 0 Å². The minimum Gasteiger partial charge on any atom is -0.496 e. The lowest BCUT2D eigenvalue weighted by molar-refractivity contribution is 0.0358. The van der Waals surface area contributed by atoms with E-state index in [0.717, 1.165) is 22.3 Å². The number of nitrogen functional groups attached to an aromatic ring is 1. The van der Waals surface area contributed by atoms with E-state index in [1.165, 1.54) is 12.4 Å². The first-order chi connectivity index (χ1) is 16.6. The Kier molecular flexibility index (Phi) is 6.75. The third kappa shape index (κ3) is 4.34. The Bertz CT molecular complexity index is 1450. The molecule has 4 aromatic rings. The van der Waals surface area contributed by atoms with E-state index < -0.39 is 6.23 Å². The number of aromatic nitrogens is 4. The molecule has 2 atom stereocenters. The topological polar surface area (TPSA) is 119 Å². The van der Waals surface area contributed by atoms with Crippen molar-refractivity contribution >= 4 is 28.5 Å². The number of aliphatic hydroxyl groups excluding tert-OH is 1. The smallest absolute Gasteiger partial charge is 0.194 e. The average molecular weight is 495 g/mol. The third-order valence-corrected chi connectivity index (χ3v) is 6.53. The molecule has 0 amide bonds. The van der Waals surface area contributed by atoms with Crippen LogP contribution in [0.4, 0.5) is 5.82 Å². The summed E-state index contributed by atoms with van der Waals surface area (Å²) in [5, 5.41) is 11.1. The van der Waals surface area contributed by atoms with Crippen LogP contribution in [0, 0.1) is 6.92 Å². The molecule has 3 N–H and O–H groups in total. The van der Waals surface area contributed by atoms with Crippen molar-refractivity contribution in [3.63, 3.8) is 0 Å². The number of pyridine rings is 2. The van der Waals surface area contributed by atoms with Crippen LogP contribution < -0.4 is 15.9 Å². The van der Waals surface area contributed by atoms with E-state index in [1.54, 1.807) is 44.6 Å². The first-order valence-electron chi connectivity index (χ1n) is 10.9. The Morgan fingerprint density at radius 3 is 2.57 bits per heavy atom. The van der Waals surface area contributed by atoms with Crippen LogP contribution in [0.25, 0.3) is 22.2 Å². The zero-order chi connectivity index (χ0) is 25.4. The fourth-order valence-corrected chi connectivity index (χ4v) is 4.39. The van der Waals surface area contributed by atoms with Crippen molar-refractivity contribution in [3.8, 4) is 16.9 Å². The summed E-state index contributed by atoms with van der Waals surface area (Å²) in [6.07, 6.45) is 3.89. The van der Waals surface area contributed by atoms with E-state index in [-0.39, 0.29) is 22.7 Å². The number of anilines is 1. The number of hydrogen-bond acceptors (Lipinski definition) is 8. The third-order valence-electron chi connectivity index (χ3n) is 6.14. The fraction of sp³-hybridized carbons (Fsp3) is 0.280. The largest absolute Gasteiger partial charge is 0.496 e. The van der Waals surface area contributed by atoms with Crippen LogP contribution in [-0.4, -0.2) is 50.7 Å². The van der Waals surface area contributed by atoms with Crippen molar-refractivity contribution in [2.45, 2.75) is 26.1 Å². The van der Waals surface area contributed by atoms with Crippen LogP contribution >= 0.6 is 11.6 Å². The summed E-state index contributed by atoms with van der Waals surface area (Å²) in [6.45, 7) is 3.88. The van der Waals surface area contributed by atoms with Gasteiger partial charge in [0.05, 0.1) is 18.8 Å². The van der Waals surface area contributed by atoms with Crippen LogP contribution in [-0.2, 0) is 0 Å². The van der Waals surface area contributed by atoms with E-state index in [2.05, 4.69) is 15.0 Å². The van der Waals surface area contributed by atoms with Crippen molar-refractivity contribution in [3.05, 3.63) is 75.1 Å². The van der Waals surface area contributed by atoms with Gasteiger partial charge in [-0.2, -0.15) is 0 Å². The van der Waals surface area contributed by atoms with Gasteiger partial charge in [0.1, 0.15) is 35.2 Å². The lowest BCUT2D eigenvalue weighted by atomic mass is 9.94. The van der Waals surface area contributed by atoms with Gasteiger partial charge in [0.2, 0.25) is 0 Å². The van der Waals surface area contributed by atoms with Gasteiger partial charge in [-0.1, -0.05) is 17.7 Å². The van der Waals surface area contributed by atoms with Gasteiger partial charge >= 0.3 is 0 Å². The Morgan fingerprint density at radius 2 is 1.94 bits per heavy atom. The second kappa shape index (κ2) is 9.61. The zero-order valence-corrected chi connectivity index (χ0v) is 20.9. The van der Waals surface area contributed by atoms with Gasteiger partial charge in [0, 0.05) is 40.2 Å². The summed E-state index contributed by atoms with van der Waals surface area (Å²) >= 11 is 6.69. The summed E-state index contributed by atoms with van der Waals surface area (Å²) in [7, 11) is 5.15. The molecule has 0 saturated carbocycles. The van der Waals surface area contributed by atoms with Gasteiger partial charge in [-0.05, 0) is 45.6 Å². The molecule has 0 saturated heterocycles. The highest BCUT2D eigenvalue weighted by Gasteiger charge is 2.24. The van der Waals surface area contributed by atoms with Crippen molar-refractivity contribution in [1.82, 2.24) is 24.4 Å². The van der Waals surface area contributed by atoms with Gasteiger partial charge in [-0.15, -0.1) is 0 Å². The van der Waals surface area contributed by atoms with Crippen molar-refractivity contribution in [1.29, 1.82) is 0 Å². The number of fused-ring (bicyclic) bond motifs is 1. The summed E-state index contributed by atoms with van der Waals surface area (Å²) in [6, 6.07) is 6.64. The number of methoxy groups -OCH3 is 1. The first-order valence-corrected chi connectivity index (χ1v) is 11.3. The Labute approximate surface area is 207 Å². The fourth-order valence-electron chi connectivity index (χ4n) is 4.18. The summed E-state index contributed by atoms with van der Waals surface area (Å²) < 4.78 is 7.75. The van der Waals surface area contributed by atoms with Crippen LogP contribution in [0.2, 0.25) is 5.02 Å². The standard InChI is InChI=1S/C25H27ClN6O3/c1-13-17(26)10-16(14(2)32-9-8-19(33)21-23(27)29-12-30-24(21)32)22(35-5)20(13)15-6-7-18(28-11-15)25(34)31(3)4/h6-12,14,25,34H,1-5H3,(H2,27,29,30). The number of hydrogen-bond donors (Lipinski definition) is 2. The van der Waals surface area contributed by atoms with Crippen LogP contribution in [0.15, 0.2) is 47.8 Å². The number of rotatable bonds is 6. The van der Waals surface area contributed by atoms with Gasteiger partial charge in [0.25, 0.3) is 0 Å². The molecular weight excluding hydrogens is 468 g/mol. The summed E-state index contributed by atoms with van der Waals surface area (Å²) in [5.74, 6) is 0.748. The molecule has 3 aromatic heterocycles. The second-order valence-corrected chi connectivity index (χ2v) is 8.92. The Morgan fingerprint density at radius 1 is 1.20 bits per heavy atom. The van der Waals surface area contributed by atoms with Crippen LogP contribution in [0.1, 0.15) is 36.0 Å². The van der Waals surface area contributed by atoms with Crippen molar-refractivity contribution in [2.75, 3.05) is 26.9 Å². The molecular formula is C25H27ClN6O3. The van der Waals surface area contributed by atoms with Gasteiger partial charge in [0.15, 0.2) is 5.43 Å². The maximum atomic E-state index is 12.4. The molecule has 0 bridgehead atoms. The molecule has 1 aromatic carbocycles. The minimum atomic E-state index is -0.815. The maximum Gasteiger partial charge on any atom is 0.194 e. The van der Waals surface area contributed by atoms with Crippen molar-refractivity contribution < 1.29 is 9.84 Å². The molecule has 0 spiro atoms. The molecule has 0 aliphatic heterocycles. The van der Waals surface area contributed by atoms with E-state index in [1.807, 2.05) is 30.5 Å². The van der Waals surface area contributed by atoms with Gasteiger partial charge in [-0.25, -0.2) is 9.97 Å². The summed E-state index contributed by atoms with van der Waals surface area (Å²) in [5.41, 5.74) is 9.89. The Hall–Kier alpha value is -3.53. The van der Waals surface area contributed by atoms with Gasteiger partial charge in [-0.3, -0.25) is 14.7 Å². The molecule has 2 unspecified atom stereocenters. The molecule has 35 heavy (non-hydrogen) atoms. The lowest BCUT2D eigenvalue weighted by Gasteiger charge is -2.24. The lowest BCUT2D eigenvalue weighted by Crippen LogP contribution is -2.20. The van der Waals surface area contributed by atoms with E-state index in [4.69, 9.17) is 22.1 Å². The number of nitrogens with two attached hydrogens (primary N) is 1. The predicted octanol–water partition coefficient (Wildman–Crippen LogP) is 3.57. The molecule has 0 radical (unpaired) electrons. The number of benzene rings is 1. The monoisotopic (exact) mass is 494 g/mol. The normalized spacial score (nSPS) is 13.3. The minimum absolute atomic E-state index is 0.127. The highest BCUT2D eigenvalue weighted by Crippen LogP contribution is 2.43. The van der Waals surface area contributed by atoms with E-state index in [0.29, 0.717) is 22.1 Å². The molecule has 9 nitrogen and oxygen atoms in total. The van der Waals surface area contributed by atoms with Gasteiger partial charge < -0.3 is 20.1 Å². The summed E-state index contributed by atoms with van der Waals surface area (Å²) in [4.78, 5) is 26.9. The zero-order valence-electron chi connectivity index (χ0n) is 20.2. The molecule has 0 aliphatic carbocycles. The van der Waals surface area contributed by atoms with Crippen LogP contribution in [0.3, 0.4) is 0 Å². The second-order valence-electron chi connectivity index (χ2n) is 8.51. The molecule has 0 fully saturated rings. The number of halogens is 1. The first kappa shape index (κ1) is 24.6. The number of nitrogens with zero attached hydrogens (tertiary/aromatic N) is 5. The molecule has 3 heterocycles. The quantitative estimate of drug-likeness (QED) is 0.390. The highest BCUT2D eigenvalue weighted by atomic mass is 35.5. The molecule has 10 heteroatoms. The molecule has 4 rings (SSSR count). The SMILES string of the molecule is COc1c(C(C)n2ccc(=O)c3c(N)ncnc32)cc(Cl)c(C)c1-c1ccc(C(O)N(C)C)nc1.